The first-order valence-corrected chi connectivity index (χ1v) is 6.09. The van der Waals surface area contributed by atoms with Gasteiger partial charge in [0, 0.05) is 17.8 Å². The van der Waals surface area contributed by atoms with Gasteiger partial charge in [-0.1, -0.05) is 12.1 Å². The summed E-state index contributed by atoms with van der Waals surface area (Å²) in [4.78, 5) is 14.6. The maximum atomic E-state index is 11.1. The molecule has 0 atom stereocenters. The number of carboxylic acid groups (broad SMARTS) is 1. The van der Waals surface area contributed by atoms with Crippen LogP contribution in [0.3, 0.4) is 0 Å². The molecule has 0 heterocycles. The average molecular weight is 250 g/mol. The molecule has 1 N–H and O–H groups in total. The number of nitrogens with zero attached hydrogens (tertiary/aromatic N) is 2. The highest BCUT2D eigenvalue weighted by Gasteiger charge is 2.24. The highest BCUT2D eigenvalue weighted by atomic mass is 16.4. The second-order valence-electron chi connectivity index (χ2n) is 5.03. The van der Waals surface area contributed by atoms with Crippen LogP contribution in [-0.4, -0.2) is 36.7 Å². The fraction of sp³-hybridized carbons (Fsp3) is 0.500. The third kappa shape index (κ3) is 2.82. The zero-order chi connectivity index (χ0) is 13.9. The van der Waals surface area contributed by atoms with E-state index in [1.54, 1.807) is 0 Å². The first-order valence-electron chi connectivity index (χ1n) is 6.09. The Balaban J connectivity index is 3.17. The first kappa shape index (κ1) is 14.5. The van der Waals surface area contributed by atoms with Crippen LogP contribution in [-0.2, 0) is 5.54 Å². The van der Waals surface area contributed by atoms with Crippen LogP contribution in [0.15, 0.2) is 24.3 Å². The molecule has 0 saturated heterocycles. The minimum Gasteiger partial charge on any atom is -0.465 e. The fourth-order valence-electron chi connectivity index (χ4n) is 1.74. The molecule has 0 aliphatic heterocycles. The van der Waals surface area contributed by atoms with Gasteiger partial charge in [0.05, 0.1) is 0 Å². The lowest BCUT2D eigenvalue weighted by Gasteiger charge is -2.33. The van der Waals surface area contributed by atoms with E-state index in [1.807, 2.05) is 45.3 Å². The SMILES string of the molecule is CCN(C(=O)O)c1cccc(C(C)(C)N(C)C)c1. The number of hydrogen-bond acceptors (Lipinski definition) is 2. The number of carbonyl (C=O) groups is 1. The van der Waals surface area contributed by atoms with Crippen molar-refractivity contribution in [2.75, 3.05) is 25.5 Å². The summed E-state index contributed by atoms with van der Waals surface area (Å²) in [7, 11) is 4.03. The number of anilines is 1. The van der Waals surface area contributed by atoms with Crippen molar-refractivity contribution in [1.82, 2.24) is 4.90 Å². The smallest absolute Gasteiger partial charge is 0.411 e. The molecule has 1 aromatic carbocycles. The number of amides is 1. The van der Waals surface area contributed by atoms with E-state index in [9.17, 15) is 4.79 Å². The van der Waals surface area contributed by atoms with Gasteiger partial charge in [-0.3, -0.25) is 4.90 Å². The highest BCUT2D eigenvalue weighted by Crippen LogP contribution is 2.28. The first-order chi connectivity index (χ1) is 8.30. The van der Waals surface area contributed by atoms with Crippen LogP contribution in [0.1, 0.15) is 26.3 Å². The summed E-state index contributed by atoms with van der Waals surface area (Å²) in [5.74, 6) is 0. The van der Waals surface area contributed by atoms with Gasteiger partial charge in [0.15, 0.2) is 0 Å². The van der Waals surface area contributed by atoms with Gasteiger partial charge in [0.2, 0.25) is 0 Å². The molecule has 1 rings (SSSR count). The van der Waals surface area contributed by atoms with E-state index < -0.39 is 6.09 Å². The van der Waals surface area contributed by atoms with Crippen LogP contribution in [0, 0.1) is 0 Å². The van der Waals surface area contributed by atoms with Crippen molar-refractivity contribution >= 4 is 11.8 Å². The molecule has 0 unspecified atom stereocenters. The lowest BCUT2D eigenvalue weighted by molar-refractivity contribution is 0.197. The van der Waals surface area contributed by atoms with E-state index >= 15 is 0 Å². The lowest BCUT2D eigenvalue weighted by atomic mass is 9.92. The standard InChI is InChI=1S/C14H22N2O2/c1-6-16(13(17)18)12-9-7-8-11(10-12)14(2,3)15(4)5/h7-10H,6H2,1-5H3,(H,17,18). The molecule has 0 aromatic heterocycles. The molecule has 100 valence electrons. The van der Waals surface area contributed by atoms with Crippen LogP contribution in [0.2, 0.25) is 0 Å². The van der Waals surface area contributed by atoms with Crippen molar-refractivity contribution in [3.63, 3.8) is 0 Å². The van der Waals surface area contributed by atoms with Crippen LogP contribution in [0.4, 0.5) is 10.5 Å². The lowest BCUT2D eigenvalue weighted by Crippen LogP contribution is -2.36. The third-order valence-corrected chi connectivity index (χ3v) is 3.53. The highest BCUT2D eigenvalue weighted by molar-refractivity contribution is 5.86. The molecule has 0 spiro atoms. The van der Waals surface area contributed by atoms with Gasteiger partial charge in [-0.15, -0.1) is 0 Å². The zero-order valence-electron chi connectivity index (χ0n) is 11.8. The van der Waals surface area contributed by atoms with Crippen LogP contribution >= 0.6 is 0 Å². The van der Waals surface area contributed by atoms with E-state index in [1.165, 1.54) is 4.90 Å². The molecule has 0 fully saturated rings. The summed E-state index contributed by atoms with van der Waals surface area (Å²) < 4.78 is 0. The van der Waals surface area contributed by atoms with Crippen molar-refractivity contribution < 1.29 is 9.90 Å². The Morgan fingerprint density at radius 2 is 1.94 bits per heavy atom. The quantitative estimate of drug-likeness (QED) is 0.893. The molecular formula is C14H22N2O2. The predicted octanol–water partition coefficient (Wildman–Crippen LogP) is 2.99. The summed E-state index contributed by atoms with van der Waals surface area (Å²) in [5.41, 5.74) is 1.69. The molecule has 4 heteroatoms. The Morgan fingerprint density at radius 3 is 2.39 bits per heavy atom. The summed E-state index contributed by atoms with van der Waals surface area (Å²) in [6.45, 7) is 6.51. The van der Waals surface area contributed by atoms with Crippen molar-refractivity contribution in [1.29, 1.82) is 0 Å². The second-order valence-corrected chi connectivity index (χ2v) is 5.03. The summed E-state index contributed by atoms with van der Waals surface area (Å²) in [5, 5.41) is 9.15. The van der Waals surface area contributed by atoms with E-state index in [-0.39, 0.29) is 5.54 Å². The van der Waals surface area contributed by atoms with Gasteiger partial charge < -0.3 is 10.0 Å². The monoisotopic (exact) mass is 250 g/mol. The maximum Gasteiger partial charge on any atom is 0.411 e. The molecular weight excluding hydrogens is 228 g/mol. The van der Waals surface area contributed by atoms with E-state index in [0.717, 1.165) is 11.3 Å². The van der Waals surface area contributed by atoms with Crippen molar-refractivity contribution in [2.45, 2.75) is 26.3 Å². The van der Waals surface area contributed by atoms with Gasteiger partial charge in [0.25, 0.3) is 0 Å². The van der Waals surface area contributed by atoms with Crippen LogP contribution in [0.5, 0.6) is 0 Å². The molecule has 0 aliphatic rings. The maximum absolute atomic E-state index is 11.1. The minimum atomic E-state index is -0.919. The Morgan fingerprint density at radius 1 is 1.33 bits per heavy atom. The Hall–Kier alpha value is -1.55. The second kappa shape index (κ2) is 5.40. The van der Waals surface area contributed by atoms with Gasteiger partial charge in [0.1, 0.15) is 0 Å². The van der Waals surface area contributed by atoms with Crippen LogP contribution in [0.25, 0.3) is 0 Å². The van der Waals surface area contributed by atoms with Crippen molar-refractivity contribution in [3.05, 3.63) is 29.8 Å². The van der Waals surface area contributed by atoms with Gasteiger partial charge in [-0.25, -0.2) is 4.79 Å². The van der Waals surface area contributed by atoms with Crippen molar-refractivity contribution in [2.24, 2.45) is 0 Å². The molecule has 0 saturated carbocycles. The van der Waals surface area contributed by atoms with E-state index in [0.29, 0.717) is 6.54 Å². The fourth-order valence-corrected chi connectivity index (χ4v) is 1.74. The Kier molecular flexibility index (Phi) is 4.35. The molecule has 4 nitrogen and oxygen atoms in total. The molecule has 0 radical (unpaired) electrons. The summed E-state index contributed by atoms with van der Waals surface area (Å²) in [6.07, 6.45) is -0.919. The van der Waals surface area contributed by atoms with Gasteiger partial charge >= 0.3 is 6.09 Å². The van der Waals surface area contributed by atoms with E-state index in [4.69, 9.17) is 5.11 Å². The van der Waals surface area contributed by atoms with Gasteiger partial charge in [-0.2, -0.15) is 0 Å². The summed E-state index contributed by atoms with van der Waals surface area (Å²) in [6, 6.07) is 7.70. The minimum absolute atomic E-state index is 0.131. The molecule has 0 bridgehead atoms. The molecule has 18 heavy (non-hydrogen) atoms. The van der Waals surface area contributed by atoms with Crippen LogP contribution < -0.4 is 4.90 Å². The zero-order valence-corrected chi connectivity index (χ0v) is 11.8. The van der Waals surface area contributed by atoms with Gasteiger partial charge in [-0.05, 0) is 52.6 Å². The molecule has 0 aliphatic carbocycles. The predicted molar refractivity (Wildman–Crippen MR) is 74.2 cm³/mol. The average Bonchev–Trinajstić information content (AvgIpc) is 2.29. The summed E-state index contributed by atoms with van der Waals surface area (Å²) >= 11 is 0. The van der Waals surface area contributed by atoms with Crippen molar-refractivity contribution in [3.8, 4) is 0 Å². The molecule has 1 aromatic rings. The molecule has 1 amide bonds. The third-order valence-electron chi connectivity index (χ3n) is 3.53. The Bertz CT molecular complexity index is 428. The number of benzene rings is 1. The topological polar surface area (TPSA) is 43.8 Å². The Labute approximate surface area is 109 Å². The number of hydrogen-bond donors (Lipinski definition) is 1. The number of rotatable bonds is 4. The van der Waals surface area contributed by atoms with E-state index in [2.05, 4.69) is 18.7 Å². The normalized spacial score (nSPS) is 11.7. The largest absolute Gasteiger partial charge is 0.465 e.